The maximum Gasteiger partial charge on any atom is 0.242 e. The van der Waals surface area contributed by atoms with Gasteiger partial charge in [-0.15, -0.1) is 0 Å². The quantitative estimate of drug-likeness (QED) is 0.910. The molecule has 1 aliphatic heterocycles. The predicted octanol–water partition coefficient (Wildman–Crippen LogP) is 1.40. The fraction of sp³-hybridized carbons (Fsp3) is 0.500. The minimum absolute atomic E-state index is 0.0148. The molecule has 1 aromatic rings. The number of nitrogens with one attached hydrogen (secondary N) is 1. The van der Waals surface area contributed by atoms with Crippen molar-refractivity contribution in [3.05, 3.63) is 29.8 Å². The van der Waals surface area contributed by atoms with Gasteiger partial charge in [-0.1, -0.05) is 12.1 Å². The zero-order valence-corrected chi connectivity index (χ0v) is 11.8. The molecule has 6 heteroatoms. The lowest BCUT2D eigenvalue weighted by Gasteiger charge is -2.19. The Hall–Kier alpha value is -1.42. The molecule has 5 nitrogen and oxygen atoms in total. The summed E-state index contributed by atoms with van der Waals surface area (Å²) in [4.78, 5) is 0.0453. The summed E-state index contributed by atoms with van der Waals surface area (Å²) >= 11 is 0. The monoisotopic (exact) mass is 292 g/mol. The highest BCUT2D eigenvalue weighted by atomic mass is 32.2. The van der Waals surface area contributed by atoms with Crippen LogP contribution in [0.2, 0.25) is 0 Å². The third-order valence-corrected chi connectivity index (χ3v) is 5.37. The van der Waals surface area contributed by atoms with E-state index in [-0.39, 0.29) is 22.6 Å². The predicted molar refractivity (Wildman–Crippen MR) is 72.3 cm³/mol. The van der Waals surface area contributed by atoms with E-state index in [1.165, 1.54) is 12.1 Å². The van der Waals surface area contributed by atoms with Crippen LogP contribution in [-0.2, 0) is 14.8 Å². The second-order valence-electron chi connectivity index (χ2n) is 5.30. The van der Waals surface area contributed by atoms with Crippen LogP contribution in [0.15, 0.2) is 29.2 Å². The first kappa shape index (κ1) is 13.6. The van der Waals surface area contributed by atoms with Gasteiger partial charge in [0, 0.05) is 6.61 Å². The molecule has 2 fully saturated rings. The zero-order valence-electron chi connectivity index (χ0n) is 11.0. The molecule has 106 valence electrons. The second kappa shape index (κ2) is 5.17. The molecule has 0 bridgehead atoms. The number of ether oxygens (including phenoxy) is 1. The maximum absolute atomic E-state index is 12.4. The molecule has 1 saturated heterocycles. The van der Waals surface area contributed by atoms with E-state index in [1.807, 2.05) is 6.07 Å². The highest BCUT2D eigenvalue weighted by Crippen LogP contribution is 2.39. The summed E-state index contributed by atoms with van der Waals surface area (Å²) in [5, 5.41) is 9.03. The van der Waals surface area contributed by atoms with E-state index in [9.17, 15) is 8.42 Å². The molecule has 0 radical (unpaired) electrons. The summed E-state index contributed by atoms with van der Waals surface area (Å²) < 4.78 is 33.2. The first-order valence-electron chi connectivity index (χ1n) is 6.75. The number of hydrogen-bond acceptors (Lipinski definition) is 4. The minimum Gasteiger partial charge on any atom is -0.376 e. The smallest absolute Gasteiger partial charge is 0.242 e. The van der Waals surface area contributed by atoms with Gasteiger partial charge in [0.2, 0.25) is 10.0 Å². The summed E-state index contributed by atoms with van der Waals surface area (Å²) in [5.41, 5.74) is 0.168. The number of nitrogens with zero attached hydrogens (tertiary/aromatic N) is 1. The topological polar surface area (TPSA) is 79.2 Å². The van der Waals surface area contributed by atoms with Crippen LogP contribution < -0.4 is 4.72 Å². The molecule has 2 atom stereocenters. The number of benzene rings is 1. The Morgan fingerprint density at radius 1 is 1.25 bits per heavy atom. The zero-order chi connectivity index (χ0) is 14.2. The Labute approximate surface area is 118 Å². The van der Waals surface area contributed by atoms with Crippen LogP contribution in [0, 0.1) is 17.2 Å². The minimum atomic E-state index is -3.68. The molecule has 2 unspecified atom stereocenters. The van der Waals surface area contributed by atoms with Gasteiger partial charge in [0.25, 0.3) is 0 Å². The van der Waals surface area contributed by atoms with Gasteiger partial charge in [0.05, 0.1) is 22.6 Å². The van der Waals surface area contributed by atoms with Crippen molar-refractivity contribution in [2.45, 2.75) is 36.3 Å². The highest BCUT2D eigenvalue weighted by molar-refractivity contribution is 7.89. The molecule has 1 heterocycles. The lowest BCUT2D eigenvalue weighted by atomic mass is 10.1. The average Bonchev–Trinajstić information content (AvgIpc) is 3.19. The summed E-state index contributed by atoms with van der Waals surface area (Å²) in [7, 11) is -3.68. The molecule has 2 aliphatic rings. The van der Waals surface area contributed by atoms with E-state index in [0.29, 0.717) is 18.9 Å². The van der Waals surface area contributed by atoms with Crippen LogP contribution in [0.3, 0.4) is 0 Å². The van der Waals surface area contributed by atoms with E-state index < -0.39 is 10.0 Å². The highest BCUT2D eigenvalue weighted by Gasteiger charge is 2.42. The molecule has 0 amide bonds. The number of rotatable bonds is 4. The van der Waals surface area contributed by atoms with Crippen LogP contribution in [0.5, 0.6) is 0 Å². The molecule has 20 heavy (non-hydrogen) atoms. The summed E-state index contributed by atoms with van der Waals surface area (Å²) in [5.74, 6) is 0.483. The number of hydrogen-bond donors (Lipinski definition) is 1. The number of sulfonamides is 1. The first-order valence-corrected chi connectivity index (χ1v) is 8.23. The molecule has 1 aromatic carbocycles. The Morgan fingerprint density at radius 2 is 2.00 bits per heavy atom. The van der Waals surface area contributed by atoms with Crippen molar-refractivity contribution >= 4 is 10.0 Å². The summed E-state index contributed by atoms with van der Waals surface area (Å²) in [6, 6.07) is 7.99. The van der Waals surface area contributed by atoms with Gasteiger partial charge >= 0.3 is 0 Å². The van der Waals surface area contributed by atoms with Gasteiger partial charge in [-0.2, -0.15) is 5.26 Å². The van der Waals surface area contributed by atoms with E-state index in [0.717, 1.165) is 12.8 Å². The normalized spacial score (nSPS) is 26.4. The van der Waals surface area contributed by atoms with Crippen molar-refractivity contribution in [3.63, 3.8) is 0 Å². The Bertz CT molecular complexity index is 647. The van der Waals surface area contributed by atoms with E-state index >= 15 is 0 Å². The fourth-order valence-corrected chi connectivity index (χ4v) is 4.12. The molecule has 3 rings (SSSR count). The van der Waals surface area contributed by atoms with Crippen molar-refractivity contribution in [2.75, 3.05) is 6.61 Å². The van der Waals surface area contributed by atoms with Crippen LogP contribution in [0.25, 0.3) is 0 Å². The van der Waals surface area contributed by atoms with E-state index in [4.69, 9.17) is 10.00 Å². The van der Waals surface area contributed by atoms with Gasteiger partial charge in [-0.25, -0.2) is 13.1 Å². The third kappa shape index (κ3) is 2.57. The molecule has 0 spiro atoms. The number of nitriles is 1. The summed E-state index contributed by atoms with van der Waals surface area (Å²) in [6.45, 7) is 0.592. The standard InChI is InChI=1S/C14H16N2O3S/c15-9-11-3-1-2-4-13(11)20(17,18)16-12-7-8-19-14(12)10-5-6-10/h1-4,10,12,14,16H,5-8H2. The lowest BCUT2D eigenvalue weighted by Crippen LogP contribution is -2.41. The second-order valence-corrected chi connectivity index (χ2v) is 6.98. The first-order chi connectivity index (χ1) is 9.62. The molecular formula is C14H16N2O3S. The molecule has 1 saturated carbocycles. The van der Waals surface area contributed by atoms with Gasteiger partial charge in [0.1, 0.15) is 6.07 Å². The molecular weight excluding hydrogens is 276 g/mol. The van der Waals surface area contributed by atoms with Gasteiger partial charge in [0.15, 0.2) is 0 Å². The van der Waals surface area contributed by atoms with Crippen LogP contribution in [0.1, 0.15) is 24.8 Å². The van der Waals surface area contributed by atoms with Crippen LogP contribution in [0.4, 0.5) is 0 Å². The fourth-order valence-electron chi connectivity index (χ4n) is 2.68. The van der Waals surface area contributed by atoms with Crippen LogP contribution in [-0.4, -0.2) is 27.2 Å². The van der Waals surface area contributed by atoms with Crippen molar-refractivity contribution in [1.29, 1.82) is 5.26 Å². The molecule has 1 N–H and O–H groups in total. The van der Waals surface area contributed by atoms with Gasteiger partial charge in [-0.3, -0.25) is 0 Å². The van der Waals surface area contributed by atoms with Crippen molar-refractivity contribution in [2.24, 2.45) is 5.92 Å². The molecule has 0 aromatic heterocycles. The average molecular weight is 292 g/mol. The third-order valence-electron chi connectivity index (χ3n) is 3.83. The van der Waals surface area contributed by atoms with Crippen molar-refractivity contribution < 1.29 is 13.2 Å². The Morgan fingerprint density at radius 3 is 2.70 bits per heavy atom. The largest absolute Gasteiger partial charge is 0.376 e. The Kier molecular flexibility index (Phi) is 3.50. The van der Waals surface area contributed by atoms with E-state index in [2.05, 4.69) is 4.72 Å². The Balaban J connectivity index is 1.83. The van der Waals surface area contributed by atoms with Crippen molar-refractivity contribution in [1.82, 2.24) is 4.72 Å². The van der Waals surface area contributed by atoms with Crippen molar-refractivity contribution in [3.8, 4) is 6.07 Å². The summed E-state index contributed by atoms with van der Waals surface area (Å²) in [6.07, 6.45) is 2.89. The SMILES string of the molecule is N#Cc1ccccc1S(=O)(=O)NC1CCOC1C1CC1. The van der Waals surface area contributed by atoms with Gasteiger partial charge < -0.3 is 4.74 Å². The molecule has 1 aliphatic carbocycles. The van der Waals surface area contributed by atoms with Crippen LogP contribution >= 0.6 is 0 Å². The van der Waals surface area contributed by atoms with Gasteiger partial charge in [-0.05, 0) is 37.3 Å². The van der Waals surface area contributed by atoms with E-state index in [1.54, 1.807) is 12.1 Å². The maximum atomic E-state index is 12.4. The lowest BCUT2D eigenvalue weighted by molar-refractivity contribution is 0.0848.